The lowest BCUT2D eigenvalue weighted by Gasteiger charge is -2.10. The maximum Gasteiger partial charge on any atom is 0.243 e. The van der Waals surface area contributed by atoms with E-state index in [4.69, 9.17) is 27.9 Å². The molecule has 1 amide bonds. The maximum atomic E-state index is 12.0. The zero-order valence-corrected chi connectivity index (χ0v) is 15.0. The van der Waals surface area contributed by atoms with Crippen molar-refractivity contribution in [2.24, 2.45) is 0 Å². The Morgan fingerprint density at radius 3 is 2.42 bits per heavy atom. The van der Waals surface area contributed by atoms with Gasteiger partial charge in [0.15, 0.2) is 0 Å². The molecule has 0 aliphatic heterocycles. The van der Waals surface area contributed by atoms with Crippen molar-refractivity contribution in [3.8, 4) is 5.75 Å². The zero-order valence-electron chi connectivity index (χ0n) is 13.4. The van der Waals surface area contributed by atoms with Crippen LogP contribution in [0.3, 0.4) is 0 Å². The third kappa shape index (κ3) is 5.95. The van der Waals surface area contributed by atoms with Crippen molar-refractivity contribution in [1.82, 2.24) is 0 Å². The molecule has 0 unspecified atom stereocenters. The minimum atomic E-state index is -0.152. The van der Waals surface area contributed by atoms with E-state index in [0.717, 1.165) is 30.0 Å². The normalized spacial score (nSPS) is 10.3. The van der Waals surface area contributed by atoms with E-state index < -0.39 is 0 Å². The van der Waals surface area contributed by atoms with Gasteiger partial charge in [0.25, 0.3) is 0 Å². The fourth-order valence-electron chi connectivity index (χ4n) is 1.96. The lowest BCUT2D eigenvalue weighted by atomic mass is 10.3. The van der Waals surface area contributed by atoms with Gasteiger partial charge in [-0.1, -0.05) is 36.5 Å². The first-order chi connectivity index (χ1) is 11.6. The highest BCUT2D eigenvalue weighted by molar-refractivity contribution is 6.42. The summed E-state index contributed by atoms with van der Waals surface area (Å²) in [5.41, 5.74) is 1.46. The Hall–Kier alpha value is -1.91. The van der Waals surface area contributed by atoms with E-state index >= 15 is 0 Å². The first kappa shape index (κ1) is 18.4. The summed E-state index contributed by atoms with van der Waals surface area (Å²) in [4.78, 5) is 12.0. The molecular weight excluding hydrogens is 347 g/mol. The molecule has 2 N–H and O–H groups in total. The van der Waals surface area contributed by atoms with Crippen LogP contribution in [-0.4, -0.2) is 19.1 Å². The Labute approximate surface area is 152 Å². The van der Waals surface area contributed by atoms with Crippen molar-refractivity contribution in [2.45, 2.75) is 19.8 Å². The van der Waals surface area contributed by atoms with Gasteiger partial charge in [0.1, 0.15) is 5.75 Å². The molecule has 128 valence electrons. The van der Waals surface area contributed by atoms with E-state index in [1.54, 1.807) is 18.2 Å². The number of hydrogen-bond acceptors (Lipinski definition) is 3. The van der Waals surface area contributed by atoms with Gasteiger partial charge in [-0.05, 0) is 48.9 Å². The Morgan fingerprint density at radius 1 is 1.04 bits per heavy atom. The number of halogens is 2. The number of amides is 1. The van der Waals surface area contributed by atoms with Crippen LogP contribution in [-0.2, 0) is 4.79 Å². The molecule has 4 nitrogen and oxygen atoms in total. The van der Waals surface area contributed by atoms with Crippen molar-refractivity contribution in [2.75, 3.05) is 23.8 Å². The molecule has 0 aliphatic carbocycles. The SMILES string of the molecule is CCCCOc1ccc(NC(=O)CNc2ccc(Cl)c(Cl)c2)cc1. The van der Waals surface area contributed by atoms with Crippen molar-refractivity contribution in [3.63, 3.8) is 0 Å². The second-order valence-corrected chi connectivity index (χ2v) is 6.07. The number of carbonyl (C=O) groups excluding carboxylic acids is 1. The second-order valence-electron chi connectivity index (χ2n) is 5.26. The smallest absolute Gasteiger partial charge is 0.243 e. The molecule has 2 rings (SSSR count). The lowest BCUT2D eigenvalue weighted by Crippen LogP contribution is -2.21. The average molecular weight is 367 g/mol. The van der Waals surface area contributed by atoms with Gasteiger partial charge < -0.3 is 15.4 Å². The quantitative estimate of drug-likeness (QED) is 0.629. The van der Waals surface area contributed by atoms with Crippen molar-refractivity contribution >= 4 is 40.5 Å². The fourth-order valence-corrected chi connectivity index (χ4v) is 2.26. The third-order valence-electron chi connectivity index (χ3n) is 3.28. The Kier molecular flexibility index (Phi) is 7.22. The molecule has 0 bridgehead atoms. The fraction of sp³-hybridized carbons (Fsp3) is 0.278. The van der Waals surface area contributed by atoms with Gasteiger partial charge in [-0.15, -0.1) is 0 Å². The second kappa shape index (κ2) is 9.40. The number of unbranched alkanes of at least 4 members (excludes halogenated alkanes) is 1. The van der Waals surface area contributed by atoms with Gasteiger partial charge in [0, 0.05) is 11.4 Å². The topological polar surface area (TPSA) is 50.4 Å². The van der Waals surface area contributed by atoms with Gasteiger partial charge in [-0.2, -0.15) is 0 Å². The van der Waals surface area contributed by atoms with Crippen LogP contribution in [0, 0.1) is 0 Å². The standard InChI is InChI=1S/C18H20Cl2N2O2/c1-2-3-10-24-15-7-4-13(5-8-15)22-18(23)12-21-14-6-9-16(19)17(20)11-14/h4-9,11,21H,2-3,10,12H2,1H3,(H,22,23). The van der Waals surface area contributed by atoms with Crippen molar-refractivity contribution in [1.29, 1.82) is 0 Å². The van der Waals surface area contributed by atoms with Crippen LogP contribution in [0.15, 0.2) is 42.5 Å². The highest BCUT2D eigenvalue weighted by Gasteiger charge is 2.04. The van der Waals surface area contributed by atoms with Gasteiger partial charge in [0.2, 0.25) is 5.91 Å². The van der Waals surface area contributed by atoms with E-state index in [1.165, 1.54) is 0 Å². The Balaban J connectivity index is 1.80. The number of rotatable bonds is 8. The molecule has 2 aromatic rings. The Morgan fingerprint density at radius 2 is 1.75 bits per heavy atom. The van der Waals surface area contributed by atoms with Crippen LogP contribution in [0.5, 0.6) is 5.75 Å². The van der Waals surface area contributed by atoms with E-state index in [0.29, 0.717) is 16.7 Å². The molecule has 0 heterocycles. The number of anilines is 2. The third-order valence-corrected chi connectivity index (χ3v) is 4.02. The molecule has 0 saturated heterocycles. The van der Waals surface area contributed by atoms with Crippen LogP contribution in [0.1, 0.15) is 19.8 Å². The van der Waals surface area contributed by atoms with Crippen LogP contribution in [0.4, 0.5) is 11.4 Å². The summed E-state index contributed by atoms with van der Waals surface area (Å²) in [7, 11) is 0. The van der Waals surface area contributed by atoms with E-state index in [-0.39, 0.29) is 12.5 Å². The summed E-state index contributed by atoms with van der Waals surface area (Å²) in [6, 6.07) is 12.5. The maximum absolute atomic E-state index is 12.0. The average Bonchev–Trinajstić information content (AvgIpc) is 2.58. The summed E-state index contributed by atoms with van der Waals surface area (Å²) in [5, 5.41) is 6.74. The highest BCUT2D eigenvalue weighted by Crippen LogP contribution is 2.24. The largest absolute Gasteiger partial charge is 0.494 e. The molecule has 0 aromatic heterocycles. The zero-order chi connectivity index (χ0) is 17.4. The van der Waals surface area contributed by atoms with Gasteiger partial charge in [-0.25, -0.2) is 0 Å². The van der Waals surface area contributed by atoms with Crippen LogP contribution in [0.2, 0.25) is 10.0 Å². The number of benzene rings is 2. The number of nitrogens with one attached hydrogen (secondary N) is 2. The molecule has 0 saturated carbocycles. The predicted molar refractivity (Wildman–Crippen MR) is 100 cm³/mol. The molecule has 2 aromatic carbocycles. The molecule has 0 radical (unpaired) electrons. The highest BCUT2D eigenvalue weighted by atomic mass is 35.5. The monoisotopic (exact) mass is 366 g/mol. The lowest BCUT2D eigenvalue weighted by molar-refractivity contribution is -0.114. The molecule has 6 heteroatoms. The summed E-state index contributed by atoms with van der Waals surface area (Å²) in [5.74, 6) is 0.649. The first-order valence-corrected chi connectivity index (χ1v) is 8.55. The minimum Gasteiger partial charge on any atom is -0.494 e. The van der Waals surface area contributed by atoms with Crippen molar-refractivity contribution in [3.05, 3.63) is 52.5 Å². The Bertz CT molecular complexity index is 675. The van der Waals surface area contributed by atoms with Crippen molar-refractivity contribution < 1.29 is 9.53 Å². The molecule has 0 fully saturated rings. The van der Waals surface area contributed by atoms with E-state index in [9.17, 15) is 4.79 Å². The molecule has 24 heavy (non-hydrogen) atoms. The van der Waals surface area contributed by atoms with E-state index in [2.05, 4.69) is 17.6 Å². The molecular formula is C18H20Cl2N2O2. The minimum absolute atomic E-state index is 0.132. The van der Waals surface area contributed by atoms with Gasteiger partial charge >= 0.3 is 0 Å². The summed E-state index contributed by atoms with van der Waals surface area (Å²) >= 11 is 11.8. The molecule has 0 spiro atoms. The molecule has 0 atom stereocenters. The van der Waals surface area contributed by atoms with Crippen LogP contribution >= 0.6 is 23.2 Å². The van der Waals surface area contributed by atoms with Gasteiger partial charge in [0.05, 0.1) is 23.2 Å². The molecule has 0 aliphatic rings. The van der Waals surface area contributed by atoms with Crippen LogP contribution in [0.25, 0.3) is 0 Å². The number of ether oxygens (including phenoxy) is 1. The number of carbonyl (C=O) groups is 1. The van der Waals surface area contributed by atoms with Crippen LogP contribution < -0.4 is 15.4 Å². The van der Waals surface area contributed by atoms with Gasteiger partial charge in [-0.3, -0.25) is 4.79 Å². The summed E-state index contributed by atoms with van der Waals surface area (Å²) < 4.78 is 5.58. The summed E-state index contributed by atoms with van der Waals surface area (Å²) in [6.07, 6.45) is 2.12. The summed E-state index contributed by atoms with van der Waals surface area (Å²) in [6.45, 7) is 2.95. The first-order valence-electron chi connectivity index (χ1n) is 7.80. The predicted octanol–water partition coefficient (Wildman–Crippen LogP) is 5.22. The number of hydrogen-bond donors (Lipinski definition) is 2. The van der Waals surface area contributed by atoms with E-state index in [1.807, 2.05) is 24.3 Å².